The second-order valence-electron chi connectivity index (χ2n) is 4.06. The maximum Gasteiger partial charge on any atom is 0.254 e. The quantitative estimate of drug-likeness (QED) is 0.766. The molecule has 3 heteroatoms. The molecule has 0 N–H and O–H groups in total. The molecule has 0 unspecified atom stereocenters. The third-order valence-corrected chi connectivity index (χ3v) is 3.31. The van der Waals surface area contributed by atoms with Crippen LogP contribution in [0.1, 0.15) is 27.9 Å². The van der Waals surface area contributed by atoms with Gasteiger partial charge in [-0.2, -0.15) is 0 Å². The SMILES string of the molecule is Cc1cc(Br)cc(C)c1C(=O)N1CCC1. The minimum Gasteiger partial charge on any atom is -0.338 e. The van der Waals surface area contributed by atoms with E-state index in [2.05, 4.69) is 15.9 Å². The van der Waals surface area contributed by atoms with Crippen molar-refractivity contribution >= 4 is 21.8 Å². The number of likely N-dealkylation sites (tertiary alicyclic amines) is 1. The highest BCUT2D eigenvalue weighted by Crippen LogP contribution is 2.23. The fraction of sp³-hybridized carbons (Fsp3) is 0.417. The van der Waals surface area contributed by atoms with Crippen molar-refractivity contribution in [3.63, 3.8) is 0 Å². The van der Waals surface area contributed by atoms with E-state index < -0.39 is 0 Å². The largest absolute Gasteiger partial charge is 0.338 e. The molecule has 0 aromatic heterocycles. The van der Waals surface area contributed by atoms with Crippen molar-refractivity contribution < 1.29 is 4.79 Å². The summed E-state index contributed by atoms with van der Waals surface area (Å²) in [5, 5.41) is 0. The molecule has 0 aliphatic carbocycles. The predicted octanol–water partition coefficient (Wildman–Crippen LogP) is 2.91. The highest BCUT2D eigenvalue weighted by atomic mass is 79.9. The third kappa shape index (κ3) is 1.93. The van der Waals surface area contributed by atoms with Crippen LogP contribution in [0, 0.1) is 13.8 Å². The Hall–Kier alpha value is -0.830. The minimum absolute atomic E-state index is 0.184. The summed E-state index contributed by atoms with van der Waals surface area (Å²) in [4.78, 5) is 14.0. The second-order valence-corrected chi connectivity index (χ2v) is 4.98. The van der Waals surface area contributed by atoms with Crippen molar-refractivity contribution in [1.82, 2.24) is 4.90 Å². The Morgan fingerprint density at radius 3 is 2.20 bits per heavy atom. The fourth-order valence-corrected chi connectivity index (χ4v) is 2.61. The summed E-state index contributed by atoms with van der Waals surface area (Å²) in [6.45, 7) is 5.80. The highest BCUT2D eigenvalue weighted by molar-refractivity contribution is 9.10. The number of nitrogens with zero attached hydrogens (tertiary/aromatic N) is 1. The first-order chi connectivity index (χ1) is 7.09. The van der Waals surface area contributed by atoms with E-state index >= 15 is 0 Å². The van der Waals surface area contributed by atoms with E-state index in [1.165, 1.54) is 0 Å². The van der Waals surface area contributed by atoms with Crippen LogP contribution < -0.4 is 0 Å². The number of aryl methyl sites for hydroxylation is 2. The van der Waals surface area contributed by atoms with E-state index in [-0.39, 0.29) is 5.91 Å². The van der Waals surface area contributed by atoms with Gasteiger partial charge in [-0.15, -0.1) is 0 Å². The number of hydrogen-bond donors (Lipinski definition) is 0. The molecule has 1 amide bonds. The maximum atomic E-state index is 12.1. The van der Waals surface area contributed by atoms with E-state index in [0.29, 0.717) is 0 Å². The van der Waals surface area contributed by atoms with E-state index in [4.69, 9.17) is 0 Å². The lowest BCUT2D eigenvalue weighted by Gasteiger charge is -2.32. The summed E-state index contributed by atoms with van der Waals surface area (Å²) in [6, 6.07) is 4.00. The number of carbonyl (C=O) groups excluding carboxylic acids is 1. The van der Waals surface area contributed by atoms with Gasteiger partial charge in [0.05, 0.1) is 0 Å². The minimum atomic E-state index is 0.184. The van der Waals surface area contributed by atoms with Gasteiger partial charge < -0.3 is 4.90 Å². The van der Waals surface area contributed by atoms with Crippen LogP contribution in [0.3, 0.4) is 0 Å². The molecule has 0 atom stereocenters. The Balaban J connectivity index is 2.38. The lowest BCUT2D eigenvalue weighted by Crippen LogP contribution is -2.42. The second kappa shape index (κ2) is 3.97. The number of carbonyl (C=O) groups is 1. The molecule has 0 saturated carbocycles. The summed E-state index contributed by atoms with van der Waals surface area (Å²) in [5.41, 5.74) is 2.98. The molecule has 1 aromatic carbocycles. The Morgan fingerprint density at radius 1 is 1.27 bits per heavy atom. The van der Waals surface area contributed by atoms with E-state index in [0.717, 1.165) is 40.7 Å². The summed E-state index contributed by atoms with van der Waals surface area (Å²) < 4.78 is 1.04. The van der Waals surface area contributed by atoms with Gasteiger partial charge in [0, 0.05) is 23.1 Å². The molecule has 2 rings (SSSR count). The average molecular weight is 268 g/mol. The molecule has 0 radical (unpaired) electrons. The maximum absolute atomic E-state index is 12.1. The summed E-state index contributed by atoms with van der Waals surface area (Å²) in [6.07, 6.45) is 1.14. The van der Waals surface area contributed by atoms with Crippen molar-refractivity contribution in [1.29, 1.82) is 0 Å². The molecule has 80 valence electrons. The first kappa shape index (κ1) is 10.7. The predicted molar refractivity (Wildman–Crippen MR) is 64.1 cm³/mol. The first-order valence-corrected chi connectivity index (χ1v) is 5.95. The number of amides is 1. The lowest BCUT2D eigenvalue weighted by atomic mass is 10.0. The smallest absolute Gasteiger partial charge is 0.254 e. The highest BCUT2D eigenvalue weighted by Gasteiger charge is 2.24. The molecular formula is C12H14BrNO. The van der Waals surface area contributed by atoms with Crippen LogP contribution in [0.15, 0.2) is 16.6 Å². The molecular weight excluding hydrogens is 254 g/mol. The molecule has 15 heavy (non-hydrogen) atoms. The van der Waals surface area contributed by atoms with Crippen molar-refractivity contribution in [2.75, 3.05) is 13.1 Å². The van der Waals surface area contributed by atoms with Gasteiger partial charge in [0.25, 0.3) is 5.91 Å². The molecule has 1 heterocycles. The van der Waals surface area contributed by atoms with Crippen LogP contribution in [-0.2, 0) is 0 Å². The van der Waals surface area contributed by atoms with Gasteiger partial charge in [0.15, 0.2) is 0 Å². The zero-order valence-electron chi connectivity index (χ0n) is 9.01. The van der Waals surface area contributed by atoms with Crippen LogP contribution in [0.5, 0.6) is 0 Å². The lowest BCUT2D eigenvalue weighted by molar-refractivity contribution is 0.0650. The van der Waals surface area contributed by atoms with Crippen molar-refractivity contribution in [2.24, 2.45) is 0 Å². The average Bonchev–Trinajstić information content (AvgIpc) is 1.97. The molecule has 0 bridgehead atoms. The fourth-order valence-electron chi connectivity index (χ4n) is 1.93. The first-order valence-electron chi connectivity index (χ1n) is 5.15. The monoisotopic (exact) mass is 267 g/mol. The molecule has 1 aliphatic heterocycles. The number of benzene rings is 1. The van der Waals surface area contributed by atoms with Crippen LogP contribution >= 0.6 is 15.9 Å². The summed E-state index contributed by atoms with van der Waals surface area (Å²) in [5.74, 6) is 0.184. The van der Waals surface area contributed by atoms with Gasteiger partial charge >= 0.3 is 0 Å². The number of rotatable bonds is 1. The topological polar surface area (TPSA) is 20.3 Å². The van der Waals surface area contributed by atoms with E-state index in [1.807, 2.05) is 30.9 Å². The van der Waals surface area contributed by atoms with Crippen molar-refractivity contribution in [2.45, 2.75) is 20.3 Å². The normalized spacial score (nSPS) is 15.0. The van der Waals surface area contributed by atoms with Crippen LogP contribution in [0.25, 0.3) is 0 Å². The molecule has 1 fully saturated rings. The number of hydrogen-bond acceptors (Lipinski definition) is 1. The van der Waals surface area contributed by atoms with Gasteiger partial charge in [0.2, 0.25) is 0 Å². The van der Waals surface area contributed by atoms with Crippen molar-refractivity contribution in [3.05, 3.63) is 33.3 Å². The van der Waals surface area contributed by atoms with Crippen LogP contribution in [0.4, 0.5) is 0 Å². The summed E-state index contributed by atoms with van der Waals surface area (Å²) in [7, 11) is 0. The Morgan fingerprint density at radius 2 is 1.80 bits per heavy atom. The molecule has 1 aliphatic rings. The third-order valence-electron chi connectivity index (χ3n) is 2.85. The van der Waals surface area contributed by atoms with Gasteiger partial charge in [-0.3, -0.25) is 4.79 Å². The summed E-state index contributed by atoms with van der Waals surface area (Å²) >= 11 is 3.44. The zero-order valence-corrected chi connectivity index (χ0v) is 10.6. The van der Waals surface area contributed by atoms with Gasteiger partial charge in [-0.1, -0.05) is 15.9 Å². The molecule has 0 spiro atoms. The Labute approximate surface area is 98.4 Å². The van der Waals surface area contributed by atoms with Gasteiger partial charge in [0.1, 0.15) is 0 Å². The van der Waals surface area contributed by atoms with E-state index in [1.54, 1.807) is 0 Å². The molecule has 1 saturated heterocycles. The Bertz CT molecular complexity index is 387. The molecule has 2 nitrogen and oxygen atoms in total. The van der Waals surface area contributed by atoms with E-state index in [9.17, 15) is 4.79 Å². The standard InChI is InChI=1S/C12H14BrNO/c1-8-6-10(13)7-9(2)11(8)12(15)14-4-3-5-14/h6-7H,3-5H2,1-2H3. The van der Waals surface area contributed by atoms with Crippen LogP contribution in [0.2, 0.25) is 0 Å². The Kier molecular flexibility index (Phi) is 2.83. The zero-order chi connectivity index (χ0) is 11.0. The van der Waals surface area contributed by atoms with Gasteiger partial charge in [-0.25, -0.2) is 0 Å². The van der Waals surface area contributed by atoms with Crippen LogP contribution in [-0.4, -0.2) is 23.9 Å². The van der Waals surface area contributed by atoms with Crippen molar-refractivity contribution in [3.8, 4) is 0 Å². The molecule has 1 aromatic rings. The van der Waals surface area contributed by atoms with Gasteiger partial charge in [-0.05, 0) is 43.5 Å². The number of halogens is 1.